The standard InChI is InChI=1S/C8H9ClNO2.BrH/c1-12-8(11)6-10-5-3-2-4-7(10)9;/h2-5H,6H2,1H3;1H/q+1;/p-1. The summed E-state index contributed by atoms with van der Waals surface area (Å²) < 4.78 is 6.10. The van der Waals surface area contributed by atoms with E-state index in [9.17, 15) is 4.79 Å². The SMILES string of the molecule is COC(=O)C[n+]1ccccc1Cl.[Br-]. The number of carbonyl (C=O) groups excluding carboxylic acids is 1. The molecule has 0 saturated heterocycles. The zero-order chi connectivity index (χ0) is 8.97. The third-order valence-corrected chi connectivity index (χ3v) is 1.76. The van der Waals surface area contributed by atoms with Gasteiger partial charge in [0.05, 0.1) is 7.11 Å². The number of pyridine rings is 1. The first-order valence-electron chi connectivity index (χ1n) is 3.45. The Kier molecular flexibility index (Phi) is 5.66. The zero-order valence-corrected chi connectivity index (χ0v) is 9.38. The summed E-state index contributed by atoms with van der Waals surface area (Å²) >= 11 is 5.78. The van der Waals surface area contributed by atoms with Gasteiger partial charge in [-0.2, -0.15) is 4.57 Å². The lowest BCUT2D eigenvalue weighted by molar-refractivity contribution is -0.683. The third-order valence-electron chi connectivity index (χ3n) is 1.41. The molecule has 0 bridgehead atoms. The largest absolute Gasteiger partial charge is 1.00 e. The van der Waals surface area contributed by atoms with E-state index in [0.29, 0.717) is 5.15 Å². The van der Waals surface area contributed by atoms with Crippen molar-refractivity contribution in [2.75, 3.05) is 7.11 Å². The van der Waals surface area contributed by atoms with E-state index in [2.05, 4.69) is 4.74 Å². The maximum atomic E-state index is 10.8. The number of carbonyl (C=O) groups is 1. The number of nitrogens with zero attached hydrogens (tertiary/aromatic N) is 1. The molecule has 0 amide bonds. The number of halogens is 2. The van der Waals surface area contributed by atoms with Crippen molar-refractivity contribution in [3.8, 4) is 0 Å². The molecule has 0 radical (unpaired) electrons. The Hall–Kier alpha value is -0.610. The van der Waals surface area contributed by atoms with Gasteiger partial charge in [0.1, 0.15) is 0 Å². The highest BCUT2D eigenvalue weighted by Crippen LogP contribution is 1.98. The predicted molar refractivity (Wildman–Crippen MR) is 43.7 cm³/mol. The summed E-state index contributed by atoms with van der Waals surface area (Å²) in [5.74, 6) is -0.312. The molecule has 0 aliphatic carbocycles. The van der Waals surface area contributed by atoms with Gasteiger partial charge in [0, 0.05) is 12.1 Å². The number of ether oxygens (including phenoxy) is 1. The van der Waals surface area contributed by atoms with Crippen LogP contribution < -0.4 is 21.5 Å². The topological polar surface area (TPSA) is 30.2 Å². The lowest BCUT2D eigenvalue weighted by Gasteiger charge is -1.96. The molecule has 1 rings (SSSR count). The first-order chi connectivity index (χ1) is 5.74. The number of methoxy groups -OCH3 is 1. The zero-order valence-electron chi connectivity index (χ0n) is 7.04. The van der Waals surface area contributed by atoms with E-state index < -0.39 is 0 Å². The Morgan fingerprint density at radius 1 is 1.62 bits per heavy atom. The van der Waals surface area contributed by atoms with E-state index in [1.54, 1.807) is 29.0 Å². The average molecular weight is 267 g/mol. The van der Waals surface area contributed by atoms with E-state index in [4.69, 9.17) is 11.6 Å². The van der Waals surface area contributed by atoms with Gasteiger partial charge in [-0.3, -0.25) is 0 Å². The second-order valence-electron chi connectivity index (χ2n) is 2.23. The van der Waals surface area contributed by atoms with Crippen molar-refractivity contribution >= 4 is 17.6 Å². The molecule has 0 fully saturated rings. The van der Waals surface area contributed by atoms with Gasteiger partial charge in [-0.15, -0.1) is 0 Å². The minimum atomic E-state index is -0.312. The normalized spacial score (nSPS) is 8.77. The van der Waals surface area contributed by atoms with Crippen LogP contribution in [0.4, 0.5) is 0 Å². The maximum Gasteiger partial charge on any atom is 0.372 e. The fourth-order valence-electron chi connectivity index (χ4n) is 0.787. The van der Waals surface area contributed by atoms with E-state index in [1.807, 2.05) is 0 Å². The van der Waals surface area contributed by atoms with Gasteiger partial charge in [-0.1, -0.05) is 0 Å². The molecule has 5 heteroatoms. The predicted octanol–water partition coefficient (Wildman–Crippen LogP) is -2.20. The smallest absolute Gasteiger partial charge is 0.372 e. The lowest BCUT2D eigenvalue weighted by atomic mass is 10.5. The molecule has 72 valence electrons. The quantitative estimate of drug-likeness (QED) is 0.346. The molecule has 0 spiro atoms. The Balaban J connectivity index is 0.00000144. The fourth-order valence-corrected chi connectivity index (χ4v) is 0.976. The van der Waals surface area contributed by atoms with Gasteiger partial charge in [-0.25, -0.2) is 4.79 Å². The van der Waals surface area contributed by atoms with Crippen LogP contribution in [-0.2, 0) is 16.1 Å². The molecule has 0 aliphatic rings. The molecular formula is C8H9BrClNO2. The summed E-state index contributed by atoms with van der Waals surface area (Å²) in [7, 11) is 1.35. The van der Waals surface area contributed by atoms with Gasteiger partial charge in [-0.05, 0) is 17.7 Å². The highest BCUT2D eigenvalue weighted by Gasteiger charge is 2.11. The fraction of sp³-hybridized carbons (Fsp3) is 0.250. The number of esters is 1. The van der Waals surface area contributed by atoms with E-state index in [-0.39, 0.29) is 29.5 Å². The van der Waals surface area contributed by atoms with Crippen molar-refractivity contribution in [3.05, 3.63) is 29.5 Å². The number of aromatic nitrogens is 1. The molecule has 1 aromatic rings. The van der Waals surface area contributed by atoms with Crippen LogP contribution >= 0.6 is 11.6 Å². The van der Waals surface area contributed by atoms with Crippen LogP contribution in [0.1, 0.15) is 0 Å². The highest BCUT2D eigenvalue weighted by atomic mass is 79.9. The van der Waals surface area contributed by atoms with Crippen molar-refractivity contribution in [1.29, 1.82) is 0 Å². The van der Waals surface area contributed by atoms with Crippen molar-refractivity contribution in [3.63, 3.8) is 0 Å². The average Bonchev–Trinajstić information content (AvgIpc) is 2.09. The summed E-state index contributed by atoms with van der Waals surface area (Å²) in [6.45, 7) is 0.149. The number of hydrogen-bond donors (Lipinski definition) is 0. The van der Waals surface area contributed by atoms with Crippen LogP contribution in [0.15, 0.2) is 24.4 Å². The van der Waals surface area contributed by atoms with E-state index in [0.717, 1.165) is 0 Å². The second kappa shape index (κ2) is 5.94. The van der Waals surface area contributed by atoms with E-state index >= 15 is 0 Å². The van der Waals surface area contributed by atoms with E-state index in [1.165, 1.54) is 7.11 Å². The van der Waals surface area contributed by atoms with Crippen LogP contribution in [0, 0.1) is 0 Å². The van der Waals surface area contributed by atoms with Gasteiger partial charge < -0.3 is 21.7 Å². The molecule has 13 heavy (non-hydrogen) atoms. The molecule has 0 aromatic carbocycles. The lowest BCUT2D eigenvalue weighted by Crippen LogP contribution is -3.00. The first-order valence-corrected chi connectivity index (χ1v) is 3.82. The summed E-state index contributed by atoms with van der Waals surface area (Å²) in [5.41, 5.74) is 0. The second-order valence-corrected chi connectivity index (χ2v) is 2.61. The van der Waals surface area contributed by atoms with Gasteiger partial charge >= 0.3 is 5.97 Å². The molecule has 1 heterocycles. The Morgan fingerprint density at radius 2 is 2.31 bits per heavy atom. The summed E-state index contributed by atoms with van der Waals surface area (Å²) in [5, 5.41) is 0.517. The number of hydrogen-bond acceptors (Lipinski definition) is 2. The van der Waals surface area contributed by atoms with Gasteiger partial charge in [0.2, 0.25) is 6.54 Å². The first kappa shape index (κ1) is 12.4. The van der Waals surface area contributed by atoms with Crippen LogP contribution in [0.5, 0.6) is 0 Å². The third kappa shape index (κ3) is 3.74. The molecule has 0 aliphatic heterocycles. The van der Waals surface area contributed by atoms with Crippen molar-refractivity contribution in [2.45, 2.75) is 6.54 Å². The Morgan fingerprint density at radius 3 is 2.85 bits per heavy atom. The maximum absolute atomic E-state index is 10.8. The van der Waals surface area contributed by atoms with Crippen molar-refractivity contribution in [1.82, 2.24) is 0 Å². The Labute approximate surface area is 92.0 Å². The monoisotopic (exact) mass is 265 g/mol. The molecule has 0 saturated carbocycles. The van der Waals surface area contributed by atoms with Crippen LogP contribution in [0.25, 0.3) is 0 Å². The molecular weight excluding hydrogens is 257 g/mol. The highest BCUT2D eigenvalue weighted by molar-refractivity contribution is 6.28. The van der Waals surface area contributed by atoms with Gasteiger partial charge in [0.15, 0.2) is 6.20 Å². The van der Waals surface area contributed by atoms with Gasteiger partial charge in [0.25, 0.3) is 5.15 Å². The molecule has 0 atom stereocenters. The number of rotatable bonds is 2. The van der Waals surface area contributed by atoms with Crippen molar-refractivity contribution < 1.29 is 31.1 Å². The molecule has 1 aromatic heterocycles. The minimum Gasteiger partial charge on any atom is -1.00 e. The Bertz CT molecular complexity index is 293. The van der Waals surface area contributed by atoms with Crippen LogP contribution in [0.3, 0.4) is 0 Å². The molecule has 3 nitrogen and oxygen atoms in total. The minimum absolute atomic E-state index is 0. The molecule has 0 N–H and O–H groups in total. The van der Waals surface area contributed by atoms with Crippen LogP contribution in [0.2, 0.25) is 5.15 Å². The molecule has 0 unspecified atom stereocenters. The summed E-state index contributed by atoms with van der Waals surface area (Å²) in [6.07, 6.45) is 1.72. The van der Waals surface area contributed by atoms with Crippen LogP contribution in [-0.4, -0.2) is 13.1 Å². The summed E-state index contributed by atoms with van der Waals surface area (Å²) in [4.78, 5) is 10.8. The van der Waals surface area contributed by atoms with Crippen molar-refractivity contribution in [2.24, 2.45) is 0 Å². The summed E-state index contributed by atoms with van der Waals surface area (Å²) in [6, 6.07) is 5.31.